The first-order valence-electron chi connectivity index (χ1n) is 7.98. The summed E-state index contributed by atoms with van der Waals surface area (Å²) >= 11 is 0. The number of ether oxygens (including phenoxy) is 1. The van der Waals surface area contributed by atoms with Crippen molar-refractivity contribution in [1.29, 1.82) is 0 Å². The van der Waals surface area contributed by atoms with Crippen LogP contribution in [0.4, 0.5) is 0 Å². The number of rotatable bonds is 6. The van der Waals surface area contributed by atoms with Crippen LogP contribution in [0, 0.1) is 0 Å². The zero-order chi connectivity index (χ0) is 15.2. The average Bonchev–Trinajstić information content (AvgIpc) is 2.48. The fourth-order valence-electron chi connectivity index (χ4n) is 2.85. The molecule has 0 spiro atoms. The van der Waals surface area contributed by atoms with E-state index in [2.05, 4.69) is 23.6 Å². The third-order valence-corrected chi connectivity index (χ3v) is 4.15. The first-order valence-corrected chi connectivity index (χ1v) is 7.98. The standard InChI is InChI=1S/C17H28N2O2/c1-4-21-17-8-6-5-7-15(17)16(20)13-18-9-11-19(12-10-18)14(2)3/h5-8,14,16,20H,4,9-13H2,1-3H3. The van der Waals surface area contributed by atoms with Crippen molar-refractivity contribution in [2.75, 3.05) is 39.3 Å². The second-order valence-corrected chi connectivity index (χ2v) is 5.92. The molecule has 118 valence electrons. The molecule has 1 aliphatic heterocycles. The lowest BCUT2D eigenvalue weighted by Crippen LogP contribution is -2.49. The van der Waals surface area contributed by atoms with Crippen LogP contribution in [0.2, 0.25) is 0 Å². The van der Waals surface area contributed by atoms with Crippen LogP contribution in [0.5, 0.6) is 5.75 Å². The summed E-state index contributed by atoms with van der Waals surface area (Å²) in [7, 11) is 0. The topological polar surface area (TPSA) is 35.9 Å². The van der Waals surface area contributed by atoms with Gasteiger partial charge in [0.25, 0.3) is 0 Å². The van der Waals surface area contributed by atoms with Gasteiger partial charge >= 0.3 is 0 Å². The lowest BCUT2D eigenvalue weighted by Gasteiger charge is -2.37. The fraction of sp³-hybridized carbons (Fsp3) is 0.647. The summed E-state index contributed by atoms with van der Waals surface area (Å²) in [5.74, 6) is 0.799. The van der Waals surface area contributed by atoms with Crippen LogP contribution in [0.1, 0.15) is 32.4 Å². The van der Waals surface area contributed by atoms with E-state index >= 15 is 0 Å². The third-order valence-electron chi connectivity index (χ3n) is 4.15. The summed E-state index contributed by atoms with van der Waals surface area (Å²) in [6, 6.07) is 8.40. The van der Waals surface area contributed by atoms with E-state index in [-0.39, 0.29) is 0 Å². The molecule has 21 heavy (non-hydrogen) atoms. The predicted octanol–water partition coefficient (Wildman–Crippen LogP) is 2.14. The number of benzene rings is 1. The van der Waals surface area contributed by atoms with Crippen LogP contribution in [0.3, 0.4) is 0 Å². The summed E-state index contributed by atoms with van der Waals surface area (Å²) in [5.41, 5.74) is 0.894. The summed E-state index contributed by atoms with van der Waals surface area (Å²) in [4.78, 5) is 4.82. The normalized spacial score (nSPS) is 18.9. The van der Waals surface area contributed by atoms with E-state index in [0.717, 1.165) is 37.5 Å². The number of aliphatic hydroxyl groups excluding tert-OH is 1. The van der Waals surface area contributed by atoms with Crippen LogP contribution >= 0.6 is 0 Å². The largest absolute Gasteiger partial charge is 0.493 e. The molecule has 0 saturated carbocycles. The van der Waals surface area contributed by atoms with E-state index in [1.165, 1.54) is 0 Å². The van der Waals surface area contributed by atoms with Gasteiger partial charge in [0.1, 0.15) is 5.75 Å². The predicted molar refractivity (Wildman–Crippen MR) is 85.7 cm³/mol. The Hall–Kier alpha value is -1.10. The number of para-hydroxylation sites is 1. The molecular weight excluding hydrogens is 264 g/mol. The van der Waals surface area contributed by atoms with Gasteiger partial charge in [-0.05, 0) is 26.8 Å². The summed E-state index contributed by atoms with van der Waals surface area (Å²) in [6.45, 7) is 11.9. The molecule has 1 aromatic carbocycles. The van der Waals surface area contributed by atoms with Crippen molar-refractivity contribution in [1.82, 2.24) is 9.80 Å². The summed E-state index contributed by atoms with van der Waals surface area (Å²) in [6.07, 6.45) is -0.488. The molecule has 4 nitrogen and oxygen atoms in total. The van der Waals surface area contributed by atoms with Gasteiger partial charge in [-0.1, -0.05) is 18.2 Å². The number of piperazine rings is 1. The Bertz CT molecular complexity index is 429. The lowest BCUT2D eigenvalue weighted by atomic mass is 10.1. The van der Waals surface area contributed by atoms with Gasteiger partial charge in [-0.3, -0.25) is 9.80 Å². The number of hydrogen-bond donors (Lipinski definition) is 1. The first-order chi connectivity index (χ1) is 10.1. The van der Waals surface area contributed by atoms with Gasteiger partial charge in [-0.2, -0.15) is 0 Å². The second kappa shape index (κ2) is 7.78. The van der Waals surface area contributed by atoms with Crippen LogP contribution in [-0.4, -0.2) is 60.3 Å². The monoisotopic (exact) mass is 292 g/mol. The molecule has 1 unspecified atom stereocenters. The summed E-state index contributed by atoms with van der Waals surface area (Å²) in [5, 5.41) is 10.5. The zero-order valence-electron chi connectivity index (χ0n) is 13.5. The molecule has 0 bridgehead atoms. The van der Waals surface area contributed by atoms with Crippen molar-refractivity contribution in [3.63, 3.8) is 0 Å². The zero-order valence-corrected chi connectivity index (χ0v) is 13.5. The molecule has 1 N–H and O–H groups in total. The van der Waals surface area contributed by atoms with Crippen molar-refractivity contribution >= 4 is 0 Å². The van der Waals surface area contributed by atoms with Crippen molar-refractivity contribution in [2.45, 2.75) is 32.9 Å². The molecule has 2 rings (SSSR count). The summed E-state index contributed by atoms with van der Waals surface area (Å²) < 4.78 is 5.61. The fourth-order valence-corrected chi connectivity index (χ4v) is 2.85. The Balaban J connectivity index is 1.92. The maximum absolute atomic E-state index is 10.5. The van der Waals surface area contributed by atoms with Gasteiger partial charge in [-0.25, -0.2) is 0 Å². The van der Waals surface area contributed by atoms with E-state index in [9.17, 15) is 5.11 Å². The van der Waals surface area contributed by atoms with Crippen molar-refractivity contribution in [2.24, 2.45) is 0 Å². The van der Waals surface area contributed by atoms with Crippen molar-refractivity contribution < 1.29 is 9.84 Å². The Morgan fingerprint density at radius 3 is 2.43 bits per heavy atom. The number of nitrogens with zero attached hydrogens (tertiary/aromatic N) is 2. The molecule has 0 aromatic heterocycles. The SMILES string of the molecule is CCOc1ccccc1C(O)CN1CCN(C(C)C)CC1. The van der Waals surface area contributed by atoms with E-state index in [0.29, 0.717) is 19.2 Å². The third kappa shape index (κ3) is 4.43. The molecule has 1 aromatic rings. The lowest BCUT2D eigenvalue weighted by molar-refractivity contribution is 0.0609. The van der Waals surface area contributed by atoms with Crippen molar-refractivity contribution in [3.05, 3.63) is 29.8 Å². The van der Waals surface area contributed by atoms with Crippen LogP contribution in [-0.2, 0) is 0 Å². The molecule has 1 heterocycles. The second-order valence-electron chi connectivity index (χ2n) is 5.92. The number of β-amino-alcohol motifs (C(OH)–C–C–N with tert-alkyl or cyclic N) is 1. The molecule has 4 heteroatoms. The van der Waals surface area contributed by atoms with Gasteiger partial charge in [0.05, 0.1) is 12.7 Å². The molecule has 1 fully saturated rings. The highest BCUT2D eigenvalue weighted by Crippen LogP contribution is 2.26. The first kappa shape index (κ1) is 16.3. The minimum Gasteiger partial charge on any atom is -0.493 e. The van der Waals surface area contributed by atoms with Gasteiger partial charge in [0.2, 0.25) is 0 Å². The van der Waals surface area contributed by atoms with Gasteiger partial charge in [0.15, 0.2) is 0 Å². The molecule has 1 aliphatic rings. The Labute approximate surface area is 128 Å². The maximum Gasteiger partial charge on any atom is 0.125 e. The van der Waals surface area contributed by atoms with E-state index in [4.69, 9.17) is 4.74 Å². The average molecular weight is 292 g/mol. The number of hydrogen-bond acceptors (Lipinski definition) is 4. The molecular formula is C17H28N2O2. The van der Waals surface area contributed by atoms with E-state index < -0.39 is 6.10 Å². The highest BCUT2D eigenvalue weighted by atomic mass is 16.5. The highest BCUT2D eigenvalue weighted by molar-refractivity contribution is 5.35. The highest BCUT2D eigenvalue weighted by Gasteiger charge is 2.22. The quantitative estimate of drug-likeness (QED) is 0.871. The van der Waals surface area contributed by atoms with Crippen LogP contribution in [0.25, 0.3) is 0 Å². The smallest absolute Gasteiger partial charge is 0.125 e. The molecule has 0 radical (unpaired) electrons. The van der Waals surface area contributed by atoms with Crippen molar-refractivity contribution in [3.8, 4) is 5.75 Å². The maximum atomic E-state index is 10.5. The Morgan fingerprint density at radius 1 is 1.14 bits per heavy atom. The molecule has 0 aliphatic carbocycles. The van der Waals surface area contributed by atoms with E-state index in [1.54, 1.807) is 0 Å². The van der Waals surface area contributed by atoms with E-state index in [1.807, 2.05) is 31.2 Å². The number of aliphatic hydroxyl groups is 1. The van der Waals surface area contributed by atoms with Crippen LogP contribution < -0.4 is 4.74 Å². The molecule has 1 saturated heterocycles. The molecule has 1 atom stereocenters. The van der Waals surface area contributed by atoms with Gasteiger partial charge in [0, 0.05) is 44.3 Å². The minimum atomic E-state index is -0.488. The Morgan fingerprint density at radius 2 is 1.81 bits per heavy atom. The Kier molecular flexibility index (Phi) is 6.03. The molecule has 0 amide bonds. The van der Waals surface area contributed by atoms with Crippen LogP contribution in [0.15, 0.2) is 24.3 Å². The minimum absolute atomic E-state index is 0.488. The van der Waals surface area contributed by atoms with Gasteiger partial charge < -0.3 is 9.84 Å². The van der Waals surface area contributed by atoms with Gasteiger partial charge in [-0.15, -0.1) is 0 Å².